The number of amidine groups is 1. The molecule has 26 heavy (non-hydrogen) atoms. The third kappa shape index (κ3) is 4.03. The summed E-state index contributed by atoms with van der Waals surface area (Å²) in [4.78, 5) is 27.1. The molecule has 1 aromatic carbocycles. The smallest absolute Gasteiger partial charge is 0.353 e. The SMILES string of the molecule is Cc1c(/C(N=N)=N/NCCO)[nH]c(C(=O)O)c1C(=O)c1cccc(Br)c1. The lowest BCUT2D eigenvalue weighted by atomic mass is 9.99. The predicted molar refractivity (Wildman–Crippen MR) is 96.8 cm³/mol. The standard InChI is InChI=1S/C16H16BrN5O4/c1-8-11(14(24)9-3-2-4-10(17)7-9)13(16(25)26)20-12(8)15(21-18)22-19-5-6-23/h2-4,7,18-20,23H,5-6H2,1H3,(H,25,26)/b21-18?,22-15-. The number of carboxylic acid groups (broad SMARTS) is 1. The van der Waals surface area contributed by atoms with Gasteiger partial charge in [0.25, 0.3) is 0 Å². The van der Waals surface area contributed by atoms with Gasteiger partial charge in [0.1, 0.15) is 5.69 Å². The maximum absolute atomic E-state index is 12.9. The van der Waals surface area contributed by atoms with E-state index in [4.69, 9.17) is 10.6 Å². The highest BCUT2D eigenvalue weighted by atomic mass is 79.9. The third-order valence-electron chi connectivity index (χ3n) is 3.52. The van der Waals surface area contributed by atoms with Crippen molar-refractivity contribution in [2.75, 3.05) is 13.2 Å². The number of nitrogens with one attached hydrogen (secondary N) is 3. The van der Waals surface area contributed by atoms with Crippen LogP contribution >= 0.6 is 15.9 Å². The Bertz CT molecular complexity index is 891. The molecule has 9 nitrogen and oxygen atoms in total. The van der Waals surface area contributed by atoms with E-state index in [0.29, 0.717) is 15.6 Å². The fraction of sp³-hybridized carbons (Fsp3) is 0.188. The highest BCUT2D eigenvalue weighted by molar-refractivity contribution is 9.10. The van der Waals surface area contributed by atoms with Gasteiger partial charge in [-0.15, -0.1) is 5.11 Å². The first-order valence-electron chi connectivity index (χ1n) is 7.46. The van der Waals surface area contributed by atoms with Gasteiger partial charge in [0.15, 0.2) is 5.78 Å². The van der Waals surface area contributed by atoms with Crippen molar-refractivity contribution in [1.29, 1.82) is 5.53 Å². The van der Waals surface area contributed by atoms with Crippen LogP contribution in [0.5, 0.6) is 0 Å². The van der Waals surface area contributed by atoms with E-state index in [0.717, 1.165) is 0 Å². The van der Waals surface area contributed by atoms with Crippen molar-refractivity contribution in [3.63, 3.8) is 0 Å². The van der Waals surface area contributed by atoms with Gasteiger partial charge in [-0.2, -0.15) is 5.10 Å². The van der Waals surface area contributed by atoms with Crippen molar-refractivity contribution in [2.45, 2.75) is 6.92 Å². The van der Waals surface area contributed by atoms with Crippen LogP contribution in [0.15, 0.2) is 39.0 Å². The Kier molecular flexibility index (Phi) is 6.36. The maximum atomic E-state index is 12.9. The molecule has 0 saturated carbocycles. The molecule has 136 valence electrons. The monoisotopic (exact) mass is 421 g/mol. The van der Waals surface area contributed by atoms with Crippen molar-refractivity contribution < 1.29 is 19.8 Å². The van der Waals surface area contributed by atoms with E-state index in [2.05, 4.69) is 36.6 Å². The molecule has 0 spiro atoms. The fourth-order valence-corrected chi connectivity index (χ4v) is 2.75. The minimum absolute atomic E-state index is 0.0240. The van der Waals surface area contributed by atoms with Crippen LogP contribution in [-0.2, 0) is 0 Å². The van der Waals surface area contributed by atoms with Gasteiger partial charge >= 0.3 is 5.97 Å². The Morgan fingerprint density at radius 3 is 2.65 bits per heavy atom. The third-order valence-corrected chi connectivity index (χ3v) is 4.01. The highest BCUT2D eigenvalue weighted by Gasteiger charge is 2.27. The highest BCUT2D eigenvalue weighted by Crippen LogP contribution is 2.24. The Morgan fingerprint density at radius 1 is 1.35 bits per heavy atom. The molecule has 0 fully saturated rings. The number of H-pyrrole nitrogens is 1. The van der Waals surface area contributed by atoms with E-state index in [1.165, 1.54) is 0 Å². The molecule has 0 aliphatic heterocycles. The molecule has 5 N–H and O–H groups in total. The van der Waals surface area contributed by atoms with Crippen LogP contribution in [0.4, 0.5) is 0 Å². The number of aliphatic hydroxyl groups excluding tert-OH is 1. The van der Waals surface area contributed by atoms with Crippen LogP contribution in [0, 0.1) is 12.5 Å². The van der Waals surface area contributed by atoms with Crippen LogP contribution in [0.2, 0.25) is 0 Å². The van der Waals surface area contributed by atoms with Gasteiger partial charge in [-0.3, -0.25) is 4.79 Å². The number of carboxylic acids is 1. The number of aromatic nitrogens is 1. The molecule has 0 aliphatic rings. The zero-order valence-corrected chi connectivity index (χ0v) is 15.3. The summed E-state index contributed by atoms with van der Waals surface area (Å²) in [5.41, 5.74) is 10.2. The number of hydrogen-bond acceptors (Lipinski definition) is 6. The second-order valence-electron chi connectivity index (χ2n) is 5.20. The quantitative estimate of drug-likeness (QED) is 0.116. The van der Waals surface area contributed by atoms with Crippen molar-refractivity contribution in [2.24, 2.45) is 10.2 Å². The normalized spacial score (nSPS) is 11.3. The van der Waals surface area contributed by atoms with E-state index < -0.39 is 11.8 Å². The van der Waals surface area contributed by atoms with Crippen molar-refractivity contribution in [3.8, 4) is 0 Å². The summed E-state index contributed by atoms with van der Waals surface area (Å²) in [7, 11) is 0. The summed E-state index contributed by atoms with van der Waals surface area (Å²) in [6.45, 7) is 1.51. The number of nitrogens with zero attached hydrogens (tertiary/aromatic N) is 2. The van der Waals surface area contributed by atoms with E-state index in [1.807, 2.05) is 0 Å². The lowest BCUT2D eigenvalue weighted by Crippen LogP contribution is -2.15. The van der Waals surface area contributed by atoms with Crippen molar-refractivity contribution in [3.05, 3.63) is 56.8 Å². The first-order valence-corrected chi connectivity index (χ1v) is 8.25. The van der Waals surface area contributed by atoms with Crippen LogP contribution < -0.4 is 5.43 Å². The molecule has 1 aromatic heterocycles. The summed E-state index contributed by atoms with van der Waals surface area (Å²) < 4.78 is 0.685. The number of ketones is 1. The van der Waals surface area contributed by atoms with Crippen LogP contribution in [0.25, 0.3) is 0 Å². The van der Waals surface area contributed by atoms with E-state index in [1.54, 1.807) is 31.2 Å². The maximum Gasteiger partial charge on any atom is 0.353 e. The molecular weight excluding hydrogens is 406 g/mol. The summed E-state index contributed by atoms with van der Waals surface area (Å²) in [6, 6.07) is 6.59. The zero-order chi connectivity index (χ0) is 19.3. The summed E-state index contributed by atoms with van der Waals surface area (Å²) in [5, 5.41) is 25.3. The number of hydrogen-bond donors (Lipinski definition) is 5. The molecule has 0 atom stereocenters. The van der Waals surface area contributed by atoms with E-state index >= 15 is 0 Å². The molecule has 1 heterocycles. The molecule has 0 amide bonds. The number of carbonyl (C=O) groups excluding carboxylic acids is 1. The minimum Gasteiger partial charge on any atom is -0.477 e. The van der Waals surface area contributed by atoms with Gasteiger partial charge in [-0.25, -0.2) is 10.3 Å². The first kappa shape index (κ1) is 19.5. The number of rotatable bonds is 7. The van der Waals surface area contributed by atoms with Crippen LogP contribution in [0.1, 0.15) is 37.7 Å². The number of carbonyl (C=O) groups is 2. The lowest BCUT2D eigenvalue weighted by molar-refractivity contribution is 0.0687. The zero-order valence-electron chi connectivity index (χ0n) is 13.7. The average molecular weight is 422 g/mol. The molecular formula is C16H16BrN5O4. The van der Waals surface area contributed by atoms with Gasteiger partial charge in [-0.1, -0.05) is 28.1 Å². The van der Waals surface area contributed by atoms with Gasteiger partial charge in [-0.05, 0) is 24.6 Å². The van der Waals surface area contributed by atoms with Gasteiger partial charge < -0.3 is 20.6 Å². The Labute approximate surface area is 156 Å². The number of halogens is 1. The largest absolute Gasteiger partial charge is 0.477 e. The van der Waals surface area contributed by atoms with Crippen molar-refractivity contribution >= 4 is 33.5 Å². The van der Waals surface area contributed by atoms with Gasteiger partial charge in [0.05, 0.1) is 24.4 Å². The second kappa shape index (κ2) is 8.50. The Hall–Kier alpha value is -2.85. The minimum atomic E-state index is -1.31. The first-order chi connectivity index (χ1) is 12.4. The Morgan fingerprint density at radius 2 is 2.08 bits per heavy atom. The molecule has 2 aromatic rings. The summed E-state index contributed by atoms with van der Waals surface area (Å²) in [5.74, 6) is -1.92. The average Bonchev–Trinajstić information content (AvgIpc) is 2.96. The summed E-state index contributed by atoms with van der Waals surface area (Å²) >= 11 is 3.28. The van der Waals surface area contributed by atoms with E-state index in [9.17, 15) is 14.7 Å². The summed E-state index contributed by atoms with van der Waals surface area (Å²) in [6.07, 6.45) is 0. The number of benzene rings is 1. The Balaban J connectivity index is 2.57. The molecule has 2 rings (SSSR count). The topological polar surface area (TPSA) is 151 Å². The molecule has 0 aliphatic carbocycles. The van der Waals surface area contributed by atoms with Crippen molar-refractivity contribution in [1.82, 2.24) is 10.4 Å². The number of aromatic amines is 1. The van der Waals surface area contributed by atoms with E-state index in [-0.39, 0.29) is 35.9 Å². The van der Waals surface area contributed by atoms with Gasteiger partial charge in [0.2, 0.25) is 5.84 Å². The molecule has 10 heteroatoms. The lowest BCUT2D eigenvalue weighted by Gasteiger charge is -2.04. The molecule has 0 radical (unpaired) electrons. The predicted octanol–water partition coefficient (Wildman–Crippen LogP) is 2.29. The van der Waals surface area contributed by atoms with Gasteiger partial charge in [0, 0.05) is 10.0 Å². The molecule has 0 saturated heterocycles. The second-order valence-corrected chi connectivity index (χ2v) is 6.11. The number of hydrazone groups is 1. The fourth-order valence-electron chi connectivity index (χ4n) is 2.35. The molecule has 0 unspecified atom stereocenters. The van der Waals surface area contributed by atoms with Crippen LogP contribution in [-0.4, -0.2) is 45.9 Å². The number of aliphatic hydroxyl groups is 1. The molecule has 0 bridgehead atoms. The van der Waals surface area contributed by atoms with Crippen LogP contribution in [0.3, 0.4) is 0 Å². The number of aromatic carboxylic acids is 1.